The van der Waals surface area contributed by atoms with Crippen LogP contribution < -0.4 is 45.0 Å². The quantitative estimate of drug-likeness (QED) is 0.449. The van der Waals surface area contributed by atoms with Gasteiger partial charge in [0.15, 0.2) is 0 Å². The van der Waals surface area contributed by atoms with Gasteiger partial charge >= 0.3 is 0 Å². The van der Waals surface area contributed by atoms with E-state index in [1.165, 1.54) is 0 Å². The Labute approximate surface area is 114 Å². The van der Waals surface area contributed by atoms with Gasteiger partial charge in [-0.25, -0.2) is 0 Å². The van der Waals surface area contributed by atoms with Crippen molar-refractivity contribution in [3.05, 3.63) is 0 Å². The van der Waals surface area contributed by atoms with Crippen LogP contribution in [0.2, 0.25) is 0 Å². The topological polar surface area (TPSA) is 272 Å². The second-order valence-electron chi connectivity index (χ2n) is 2.17. The number of quaternary nitrogens is 4. The van der Waals surface area contributed by atoms with Gasteiger partial charge in [0.25, 0.3) is 0 Å². The maximum atomic E-state index is 9.66. The van der Waals surface area contributed by atoms with E-state index < -0.39 is 11.9 Å². The molecule has 0 aromatic heterocycles. The Hall–Kier alpha value is -1.30. The normalized spacial score (nSPS) is 6.11. The Morgan fingerprint density at radius 1 is 0.737 bits per heavy atom. The lowest BCUT2D eigenvalue weighted by Gasteiger charge is -2.01. The molecule has 0 spiro atoms. The van der Waals surface area contributed by atoms with Crippen molar-refractivity contribution in [2.45, 2.75) is 33.1 Å². The summed E-state index contributed by atoms with van der Waals surface area (Å²) in [5, 5.41) is 37.2. The number of hydrogen-bond donors (Lipinski definition) is 4. The van der Waals surface area contributed by atoms with Crippen molar-refractivity contribution in [3.63, 3.8) is 0 Å². The Morgan fingerprint density at radius 2 is 0.895 bits per heavy atom. The third-order valence-electron chi connectivity index (χ3n) is 0.762. The van der Waals surface area contributed by atoms with E-state index in [1.807, 2.05) is 0 Å². The predicted molar refractivity (Wildman–Crippen MR) is 68.9 cm³/mol. The lowest BCUT2D eigenvalue weighted by atomic mass is 10.2. The summed E-state index contributed by atoms with van der Waals surface area (Å²) < 4.78 is 0. The van der Waals surface area contributed by atoms with E-state index in [0.29, 0.717) is 0 Å². The smallest absolute Gasteiger partial charge is 0.0414 e. The van der Waals surface area contributed by atoms with Crippen LogP contribution in [0, 0.1) is 0 Å². The molecule has 0 saturated carbocycles. The van der Waals surface area contributed by atoms with Crippen LogP contribution in [0.3, 0.4) is 0 Å². The Morgan fingerprint density at radius 3 is 1.00 bits per heavy atom. The molecule has 0 aliphatic carbocycles. The fourth-order valence-electron chi connectivity index (χ4n) is 0.377. The summed E-state index contributed by atoms with van der Waals surface area (Å²) >= 11 is 0. The lowest BCUT2D eigenvalue weighted by molar-refractivity contribution is -0.362. The summed E-state index contributed by atoms with van der Waals surface area (Å²) in [6.45, 7) is 3.14. The van der Waals surface area contributed by atoms with Crippen molar-refractivity contribution in [2.24, 2.45) is 0 Å². The molecular formula is C9H32N4O6. The van der Waals surface area contributed by atoms with E-state index in [9.17, 15) is 19.8 Å². The Balaban J connectivity index is -0.0000000252. The highest BCUT2D eigenvalue weighted by atomic mass is 16.4. The van der Waals surface area contributed by atoms with Crippen molar-refractivity contribution >= 4 is 11.9 Å². The number of rotatable bonds is 4. The molecular weight excluding hydrogens is 260 g/mol. The number of carboxylic acids is 2. The molecule has 10 nitrogen and oxygen atoms in total. The minimum atomic E-state index is -1.23. The van der Waals surface area contributed by atoms with Crippen molar-refractivity contribution < 1.29 is 30.0 Å². The second-order valence-corrected chi connectivity index (χ2v) is 2.17. The third kappa shape index (κ3) is 163. The lowest BCUT2D eigenvalue weighted by Crippen LogP contribution is -2.25. The van der Waals surface area contributed by atoms with Crippen molar-refractivity contribution in [3.8, 4) is 0 Å². The number of carbonyl (C=O) groups excluding carboxylic acids is 2. The van der Waals surface area contributed by atoms with Gasteiger partial charge in [-0.05, 0) is 19.3 Å². The molecule has 0 bridgehead atoms. The van der Waals surface area contributed by atoms with Crippen LogP contribution in [-0.4, -0.2) is 25.2 Å². The van der Waals surface area contributed by atoms with Gasteiger partial charge in [-0.15, -0.1) is 13.2 Å². The zero-order chi connectivity index (χ0) is 12.7. The molecule has 0 saturated heterocycles. The molecule has 10 heteroatoms. The molecule has 0 radical (unpaired) electrons. The van der Waals surface area contributed by atoms with Gasteiger partial charge in [-0.1, -0.05) is 13.8 Å². The first kappa shape index (κ1) is 43.1. The van der Waals surface area contributed by atoms with Crippen LogP contribution in [0.1, 0.15) is 33.1 Å². The monoisotopic (exact) mass is 292 g/mol. The zero-order valence-corrected chi connectivity index (χ0v) is 13.0. The van der Waals surface area contributed by atoms with Gasteiger partial charge in [-0.2, -0.15) is 0 Å². The molecule has 0 heterocycles. The highest BCUT2D eigenvalue weighted by Crippen LogP contribution is 1.90. The standard InChI is InChI=1S/C5H8O4.2C2H5O.4H3N/c6-4(7)2-1-3-5(8)9;2*1-2-3;;;;/h1-3H2,(H,6,7)(H,8,9);2*2H2,1H3;4*1H3/q;2*-1;;;;/p+2. The van der Waals surface area contributed by atoms with E-state index in [2.05, 4.69) is 0 Å². The maximum Gasteiger partial charge on any atom is 0.0414 e. The van der Waals surface area contributed by atoms with Crippen molar-refractivity contribution in [2.75, 3.05) is 13.2 Å². The van der Waals surface area contributed by atoms with Gasteiger partial charge in [0, 0.05) is 11.9 Å². The molecule has 0 aromatic rings. The van der Waals surface area contributed by atoms with E-state index in [4.69, 9.17) is 10.2 Å². The molecule has 0 aliphatic heterocycles. The van der Waals surface area contributed by atoms with Crippen LogP contribution in [0.4, 0.5) is 0 Å². The molecule has 0 atom stereocenters. The molecule has 16 N–H and O–H groups in total. The first-order valence-corrected chi connectivity index (χ1v) is 4.52. The summed E-state index contributed by atoms with van der Waals surface area (Å²) in [4.78, 5) is 19.3. The van der Waals surface area contributed by atoms with Gasteiger partial charge in [0.05, 0.1) is 0 Å². The van der Waals surface area contributed by atoms with Gasteiger partial charge in [0.1, 0.15) is 0 Å². The van der Waals surface area contributed by atoms with Gasteiger partial charge in [-0.3, -0.25) is 0 Å². The van der Waals surface area contributed by atoms with Crippen LogP contribution in [0.25, 0.3) is 0 Å². The Bertz CT molecular complexity index is 144. The van der Waals surface area contributed by atoms with Crippen LogP contribution in [0.5, 0.6) is 0 Å². The average molecular weight is 292 g/mol. The molecule has 0 rings (SSSR count). The first-order chi connectivity index (χ1) is 6.95. The minimum absolute atomic E-state index is 0. The Kier molecular flexibility index (Phi) is 99.3. The van der Waals surface area contributed by atoms with E-state index >= 15 is 0 Å². The van der Waals surface area contributed by atoms with E-state index in [-0.39, 0.29) is 57.1 Å². The molecule has 0 aliphatic rings. The van der Waals surface area contributed by atoms with Crippen LogP contribution in [0.15, 0.2) is 0 Å². The number of carboxylic acid groups (broad SMARTS) is 2. The number of carbonyl (C=O) groups is 2. The van der Waals surface area contributed by atoms with Gasteiger partial charge in [0.2, 0.25) is 0 Å². The zero-order valence-electron chi connectivity index (χ0n) is 13.0. The largest absolute Gasteiger partial charge is 0.855 e. The van der Waals surface area contributed by atoms with Crippen molar-refractivity contribution in [1.82, 2.24) is 24.6 Å². The highest BCUT2D eigenvalue weighted by molar-refractivity contribution is 5.67. The molecule has 0 amide bonds. The second kappa shape index (κ2) is 43.7. The number of aliphatic carboxylic acids is 2. The maximum absolute atomic E-state index is 9.66. The average Bonchev–Trinajstić information content (AvgIpc) is 2.05. The minimum Gasteiger partial charge on any atom is -0.855 e. The van der Waals surface area contributed by atoms with E-state index in [1.54, 1.807) is 13.8 Å². The molecule has 19 heavy (non-hydrogen) atoms. The fraction of sp³-hybridized carbons (Fsp3) is 0.778. The van der Waals surface area contributed by atoms with Crippen molar-refractivity contribution in [1.29, 1.82) is 0 Å². The summed E-state index contributed by atoms with van der Waals surface area (Å²) in [7, 11) is 0. The van der Waals surface area contributed by atoms with Gasteiger partial charge < -0.3 is 54.6 Å². The molecule has 0 fully saturated rings. The van der Waals surface area contributed by atoms with Crippen LogP contribution in [-0.2, 0) is 9.59 Å². The predicted octanol–water partition coefficient (Wildman–Crippen LogP) is -2.11. The SMILES string of the molecule is CC[O-].CC[O-].O=C([O-])CCCC(=O)[O-].[NH4+].[NH4+].[NH4+].[NH4+]. The third-order valence-corrected chi connectivity index (χ3v) is 0.762. The van der Waals surface area contributed by atoms with E-state index in [0.717, 1.165) is 0 Å². The molecule has 124 valence electrons. The van der Waals surface area contributed by atoms with Crippen LogP contribution >= 0.6 is 0 Å². The summed E-state index contributed by atoms with van der Waals surface area (Å²) in [5.74, 6) is -2.45. The summed E-state index contributed by atoms with van der Waals surface area (Å²) in [6.07, 6.45) is -0.341. The first-order valence-electron chi connectivity index (χ1n) is 4.52. The number of hydrogen-bond acceptors (Lipinski definition) is 6. The summed E-state index contributed by atoms with van der Waals surface area (Å²) in [6, 6.07) is 0. The fourth-order valence-corrected chi connectivity index (χ4v) is 0.377. The highest BCUT2D eigenvalue weighted by Gasteiger charge is 1.87. The molecule has 0 aromatic carbocycles. The molecule has 0 unspecified atom stereocenters. The summed E-state index contributed by atoms with van der Waals surface area (Å²) in [5.41, 5.74) is 0.